The summed E-state index contributed by atoms with van der Waals surface area (Å²) in [5.74, 6) is 0.190. The highest BCUT2D eigenvalue weighted by Gasteiger charge is 2.36. The van der Waals surface area contributed by atoms with Crippen LogP contribution >= 0.6 is 0 Å². The second-order valence-corrected chi connectivity index (χ2v) is 7.20. The van der Waals surface area contributed by atoms with E-state index in [9.17, 15) is 14.4 Å². The maximum atomic E-state index is 12.7. The molecule has 0 spiro atoms. The van der Waals surface area contributed by atoms with E-state index in [1.165, 1.54) is 0 Å². The van der Waals surface area contributed by atoms with Crippen molar-refractivity contribution < 1.29 is 23.9 Å². The van der Waals surface area contributed by atoms with Crippen LogP contribution in [0.3, 0.4) is 0 Å². The van der Waals surface area contributed by atoms with E-state index in [2.05, 4.69) is 5.32 Å². The molecule has 0 atom stereocenters. The molecule has 2 heterocycles. The normalized spacial score (nSPS) is 14.8. The molecule has 154 valence electrons. The van der Waals surface area contributed by atoms with Gasteiger partial charge in [0.15, 0.2) is 11.5 Å². The standard InChI is InChI=1S/C24H18N2O5/c27-22(25-16-8-11-20-21(14-16)31-13-3-12-30-20)15-6-9-17(10-7-15)26-23(28)18-4-1-2-5-19(18)24(26)29/h1-2,4-11,14H,3,12-13H2,(H,25,27). The predicted molar refractivity (Wildman–Crippen MR) is 114 cm³/mol. The van der Waals surface area contributed by atoms with Gasteiger partial charge in [-0.05, 0) is 48.5 Å². The van der Waals surface area contributed by atoms with Crippen LogP contribution in [0, 0.1) is 0 Å². The van der Waals surface area contributed by atoms with Crippen LogP contribution in [0.4, 0.5) is 11.4 Å². The Labute approximate surface area is 178 Å². The van der Waals surface area contributed by atoms with Gasteiger partial charge in [0.05, 0.1) is 30.0 Å². The monoisotopic (exact) mass is 414 g/mol. The van der Waals surface area contributed by atoms with Gasteiger partial charge in [-0.1, -0.05) is 12.1 Å². The maximum absolute atomic E-state index is 12.7. The molecule has 3 aromatic rings. The first-order valence-electron chi connectivity index (χ1n) is 9.91. The number of benzene rings is 3. The molecule has 0 aromatic heterocycles. The molecule has 0 unspecified atom stereocenters. The first-order chi connectivity index (χ1) is 15.1. The Bertz CT molecular complexity index is 1170. The number of nitrogens with zero attached hydrogens (tertiary/aromatic N) is 1. The first-order valence-corrected chi connectivity index (χ1v) is 9.91. The summed E-state index contributed by atoms with van der Waals surface area (Å²) in [5, 5.41) is 2.83. The number of ether oxygens (including phenoxy) is 2. The number of hydrogen-bond donors (Lipinski definition) is 1. The van der Waals surface area contributed by atoms with Gasteiger partial charge in [0, 0.05) is 23.7 Å². The molecule has 0 fully saturated rings. The second-order valence-electron chi connectivity index (χ2n) is 7.20. The minimum atomic E-state index is -0.370. The van der Waals surface area contributed by atoms with Gasteiger partial charge >= 0.3 is 0 Å². The average molecular weight is 414 g/mol. The smallest absolute Gasteiger partial charge is 0.266 e. The van der Waals surface area contributed by atoms with E-state index in [1.54, 1.807) is 66.7 Å². The SMILES string of the molecule is O=C(Nc1ccc2c(c1)OCCCO2)c1ccc(N2C(=O)c3ccccc3C2=O)cc1. The molecular formula is C24H18N2O5. The summed E-state index contributed by atoms with van der Waals surface area (Å²) < 4.78 is 11.2. The number of carbonyl (C=O) groups is 3. The summed E-state index contributed by atoms with van der Waals surface area (Å²) in [6, 6.07) is 18.3. The topological polar surface area (TPSA) is 84.9 Å². The third kappa shape index (κ3) is 3.40. The van der Waals surface area contributed by atoms with Crippen molar-refractivity contribution in [2.45, 2.75) is 6.42 Å². The van der Waals surface area contributed by atoms with E-state index < -0.39 is 0 Å². The zero-order chi connectivity index (χ0) is 21.4. The Balaban J connectivity index is 1.33. The van der Waals surface area contributed by atoms with Crippen LogP contribution in [0.5, 0.6) is 11.5 Å². The molecule has 3 amide bonds. The highest BCUT2D eigenvalue weighted by Crippen LogP contribution is 2.33. The van der Waals surface area contributed by atoms with E-state index in [0.29, 0.717) is 52.8 Å². The number of imide groups is 1. The molecule has 1 N–H and O–H groups in total. The zero-order valence-electron chi connectivity index (χ0n) is 16.5. The molecule has 0 saturated carbocycles. The van der Waals surface area contributed by atoms with Crippen LogP contribution in [0.15, 0.2) is 66.7 Å². The fourth-order valence-electron chi connectivity index (χ4n) is 3.63. The summed E-state index contributed by atoms with van der Waals surface area (Å²) in [6.45, 7) is 1.15. The van der Waals surface area contributed by atoms with Gasteiger partial charge in [0.1, 0.15) is 0 Å². The molecule has 3 aromatic carbocycles. The van der Waals surface area contributed by atoms with E-state index in [1.807, 2.05) is 0 Å². The van der Waals surface area contributed by atoms with Gasteiger partial charge in [-0.3, -0.25) is 14.4 Å². The summed E-state index contributed by atoms with van der Waals surface area (Å²) in [4.78, 5) is 39.0. The maximum Gasteiger partial charge on any atom is 0.266 e. The van der Waals surface area contributed by atoms with Gasteiger partial charge in [0.2, 0.25) is 0 Å². The lowest BCUT2D eigenvalue weighted by Crippen LogP contribution is -2.29. The summed E-state index contributed by atoms with van der Waals surface area (Å²) in [6.07, 6.45) is 0.801. The van der Waals surface area contributed by atoms with Gasteiger partial charge < -0.3 is 14.8 Å². The number of nitrogens with one attached hydrogen (secondary N) is 1. The Kier molecular flexibility index (Phi) is 4.63. The lowest BCUT2D eigenvalue weighted by atomic mass is 10.1. The number of rotatable bonds is 3. The van der Waals surface area contributed by atoms with Gasteiger partial charge in [-0.15, -0.1) is 0 Å². The van der Waals surface area contributed by atoms with Crippen molar-refractivity contribution in [2.24, 2.45) is 0 Å². The fraction of sp³-hybridized carbons (Fsp3) is 0.125. The van der Waals surface area contributed by atoms with E-state index in [4.69, 9.17) is 9.47 Å². The minimum absolute atomic E-state index is 0.316. The molecule has 2 aliphatic heterocycles. The van der Waals surface area contributed by atoms with Crippen LogP contribution in [-0.4, -0.2) is 30.9 Å². The minimum Gasteiger partial charge on any atom is -0.490 e. The Hall–Kier alpha value is -4.13. The van der Waals surface area contributed by atoms with Crippen LogP contribution < -0.4 is 19.7 Å². The van der Waals surface area contributed by atoms with E-state index >= 15 is 0 Å². The van der Waals surface area contributed by atoms with Gasteiger partial charge in [-0.25, -0.2) is 4.90 Å². The van der Waals surface area contributed by atoms with Crippen molar-refractivity contribution in [3.63, 3.8) is 0 Å². The van der Waals surface area contributed by atoms with Crippen molar-refractivity contribution in [2.75, 3.05) is 23.4 Å². The predicted octanol–water partition coefficient (Wildman–Crippen LogP) is 3.90. The highest BCUT2D eigenvalue weighted by molar-refractivity contribution is 6.34. The molecule has 0 radical (unpaired) electrons. The highest BCUT2D eigenvalue weighted by atomic mass is 16.5. The first kappa shape index (κ1) is 18.9. The molecule has 31 heavy (non-hydrogen) atoms. The van der Waals surface area contributed by atoms with E-state index in [0.717, 1.165) is 11.3 Å². The van der Waals surface area contributed by atoms with Crippen molar-refractivity contribution in [3.8, 4) is 11.5 Å². The van der Waals surface area contributed by atoms with Crippen LogP contribution in [-0.2, 0) is 0 Å². The lowest BCUT2D eigenvalue weighted by molar-refractivity contribution is 0.0925. The number of amides is 3. The third-order valence-corrected chi connectivity index (χ3v) is 5.19. The summed E-state index contributed by atoms with van der Waals surface area (Å²) in [7, 11) is 0. The lowest BCUT2D eigenvalue weighted by Gasteiger charge is -2.14. The summed E-state index contributed by atoms with van der Waals surface area (Å²) >= 11 is 0. The van der Waals surface area contributed by atoms with Crippen molar-refractivity contribution >= 4 is 29.1 Å². The molecule has 0 bridgehead atoms. The van der Waals surface area contributed by atoms with Gasteiger partial charge in [-0.2, -0.15) is 0 Å². The molecular weight excluding hydrogens is 396 g/mol. The molecule has 7 heteroatoms. The fourth-order valence-corrected chi connectivity index (χ4v) is 3.63. The number of anilines is 2. The Morgan fingerprint density at radius 3 is 2.13 bits per heavy atom. The summed E-state index contributed by atoms with van der Waals surface area (Å²) in [5.41, 5.74) is 2.15. The molecule has 0 aliphatic carbocycles. The Morgan fingerprint density at radius 2 is 1.45 bits per heavy atom. The average Bonchev–Trinajstić information content (AvgIpc) is 2.94. The second kappa shape index (κ2) is 7.60. The quantitative estimate of drug-likeness (QED) is 0.657. The number of fused-ring (bicyclic) bond motifs is 2. The van der Waals surface area contributed by atoms with Crippen molar-refractivity contribution in [1.29, 1.82) is 0 Å². The molecule has 7 nitrogen and oxygen atoms in total. The van der Waals surface area contributed by atoms with Crippen LogP contribution in [0.1, 0.15) is 37.5 Å². The van der Waals surface area contributed by atoms with Crippen molar-refractivity contribution in [1.82, 2.24) is 0 Å². The molecule has 0 saturated heterocycles. The van der Waals surface area contributed by atoms with Crippen molar-refractivity contribution in [3.05, 3.63) is 83.4 Å². The number of carbonyl (C=O) groups excluding carboxylic acids is 3. The molecule has 2 aliphatic rings. The molecule has 5 rings (SSSR count). The zero-order valence-corrected chi connectivity index (χ0v) is 16.5. The van der Waals surface area contributed by atoms with Crippen LogP contribution in [0.25, 0.3) is 0 Å². The number of hydrogen-bond acceptors (Lipinski definition) is 5. The third-order valence-electron chi connectivity index (χ3n) is 5.19. The van der Waals surface area contributed by atoms with Crippen LogP contribution in [0.2, 0.25) is 0 Å². The van der Waals surface area contributed by atoms with E-state index in [-0.39, 0.29) is 17.7 Å². The Morgan fingerprint density at radius 1 is 0.806 bits per heavy atom. The largest absolute Gasteiger partial charge is 0.490 e. The van der Waals surface area contributed by atoms with Gasteiger partial charge in [0.25, 0.3) is 17.7 Å².